The third-order valence-corrected chi connectivity index (χ3v) is 3.23. The second-order valence-electron chi connectivity index (χ2n) is 4.38. The van der Waals surface area contributed by atoms with E-state index in [-0.39, 0.29) is 5.57 Å². The maximum atomic E-state index is 11.8. The molecule has 21 heavy (non-hydrogen) atoms. The third-order valence-electron chi connectivity index (χ3n) is 2.74. The molecule has 0 aromatic heterocycles. The molecule has 0 spiro atoms. The predicted molar refractivity (Wildman–Crippen MR) is 85.7 cm³/mol. The number of methoxy groups -OCH3 is 1. The van der Waals surface area contributed by atoms with Crippen LogP contribution in [0, 0.1) is 18.3 Å². The van der Waals surface area contributed by atoms with E-state index in [0.29, 0.717) is 19.6 Å². The van der Waals surface area contributed by atoms with Crippen LogP contribution >= 0.6 is 15.9 Å². The van der Waals surface area contributed by atoms with Gasteiger partial charge in [-0.3, -0.25) is 4.79 Å². The summed E-state index contributed by atoms with van der Waals surface area (Å²) in [5, 5.41) is 14.7. The summed E-state index contributed by atoms with van der Waals surface area (Å²) >= 11 is 3.38. The van der Waals surface area contributed by atoms with Gasteiger partial charge < -0.3 is 15.4 Å². The van der Waals surface area contributed by atoms with Crippen molar-refractivity contribution in [1.29, 1.82) is 5.26 Å². The number of aryl methyl sites for hydroxylation is 1. The Bertz CT molecular complexity index is 565. The average molecular weight is 352 g/mol. The van der Waals surface area contributed by atoms with Gasteiger partial charge in [0.2, 0.25) is 0 Å². The Kier molecular flexibility index (Phi) is 7.51. The van der Waals surface area contributed by atoms with Gasteiger partial charge in [-0.2, -0.15) is 5.26 Å². The number of carbonyl (C=O) groups is 1. The molecule has 1 rings (SSSR count). The summed E-state index contributed by atoms with van der Waals surface area (Å²) in [6, 6.07) is 7.61. The molecule has 0 saturated carbocycles. The molecule has 1 aromatic carbocycles. The van der Waals surface area contributed by atoms with Crippen molar-refractivity contribution >= 4 is 27.5 Å². The van der Waals surface area contributed by atoms with Crippen molar-refractivity contribution in [2.45, 2.75) is 13.3 Å². The lowest BCUT2D eigenvalue weighted by molar-refractivity contribution is -0.117. The minimum Gasteiger partial charge on any atom is -0.385 e. The molecule has 0 unspecified atom stereocenters. The van der Waals surface area contributed by atoms with E-state index in [2.05, 4.69) is 26.6 Å². The number of hydrogen-bond acceptors (Lipinski definition) is 4. The molecule has 0 fully saturated rings. The highest BCUT2D eigenvalue weighted by molar-refractivity contribution is 9.10. The second-order valence-corrected chi connectivity index (χ2v) is 5.29. The molecular weight excluding hydrogens is 334 g/mol. The topological polar surface area (TPSA) is 74.1 Å². The summed E-state index contributed by atoms with van der Waals surface area (Å²) in [6.07, 6.45) is 2.13. The van der Waals surface area contributed by atoms with Crippen molar-refractivity contribution < 1.29 is 9.53 Å². The van der Waals surface area contributed by atoms with Crippen molar-refractivity contribution in [3.63, 3.8) is 0 Å². The number of ether oxygens (including phenoxy) is 1. The molecule has 0 aliphatic heterocycles. The second kappa shape index (κ2) is 9.16. The molecule has 0 bridgehead atoms. The fraction of sp³-hybridized carbons (Fsp3) is 0.333. The number of amides is 1. The first kappa shape index (κ1) is 17.2. The van der Waals surface area contributed by atoms with Gasteiger partial charge in [-0.05, 0) is 37.1 Å². The van der Waals surface area contributed by atoms with Gasteiger partial charge in [-0.1, -0.05) is 15.9 Å². The van der Waals surface area contributed by atoms with E-state index in [4.69, 9.17) is 10.00 Å². The van der Waals surface area contributed by atoms with E-state index in [1.165, 1.54) is 6.20 Å². The minimum atomic E-state index is -0.393. The van der Waals surface area contributed by atoms with E-state index in [9.17, 15) is 4.79 Å². The molecule has 1 aromatic rings. The molecule has 6 heteroatoms. The van der Waals surface area contributed by atoms with E-state index in [1.54, 1.807) is 7.11 Å². The van der Waals surface area contributed by atoms with Gasteiger partial charge in [0.1, 0.15) is 11.6 Å². The number of hydrogen-bond donors (Lipinski definition) is 2. The zero-order valence-corrected chi connectivity index (χ0v) is 13.7. The molecule has 2 N–H and O–H groups in total. The number of nitrogens with one attached hydrogen (secondary N) is 2. The molecule has 0 radical (unpaired) electrons. The molecule has 0 heterocycles. The standard InChI is InChI=1S/C15H18BrN3O2/c1-11-8-13(16)4-5-14(11)19-10-12(9-17)15(20)18-6-3-7-21-2/h4-5,8,10,19H,3,6-7H2,1-2H3,(H,18,20)/b12-10-. The molecule has 1 amide bonds. The van der Waals surface area contributed by atoms with E-state index in [1.807, 2.05) is 31.2 Å². The van der Waals surface area contributed by atoms with Crippen molar-refractivity contribution in [2.24, 2.45) is 0 Å². The van der Waals surface area contributed by atoms with Crippen LogP contribution in [0.2, 0.25) is 0 Å². The van der Waals surface area contributed by atoms with Crippen LogP contribution in [0.3, 0.4) is 0 Å². The fourth-order valence-electron chi connectivity index (χ4n) is 1.60. The van der Waals surface area contributed by atoms with Crippen molar-refractivity contribution in [1.82, 2.24) is 5.32 Å². The van der Waals surface area contributed by atoms with E-state index in [0.717, 1.165) is 15.7 Å². The lowest BCUT2D eigenvalue weighted by Gasteiger charge is -2.07. The Labute approximate surface area is 133 Å². The van der Waals surface area contributed by atoms with Crippen LogP contribution in [0.25, 0.3) is 0 Å². The smallest absolute Gasteiger partial charge is 0.263 e. The fourth-order valence-corrected chi connectivity index (χ4v) is 2.08. The lowest BCUT2D eigenvalue weighted by atomic mass is 10.2. The van der Waals surface area contributed by atoms with Gasteiger partial charge in [-0.25, -0.2) is 0 Å². The largest absolute Gasteiger partial charge is 0.385 e. The van der Waals surface area contributed by atoms with Crippen LogP contribution in [-0.4, -0.2) is 26.2 Å². The van der Waals surface area contributed by atoms with Crippen LogP contribution in [-0.2, 0) is 9.53 Å². The molecular formula is C15H18BrN3O2. The summed E-state index contributed by atoms with van der Waals surface area (Å²) in [5.74, 6) is -0.393. The van der Waals surface area contributed by atoms with Crippen molar-refractivity contribution in [2.75, 3.05) is 25.6 Å². The van der Waals surface area contributed by atoms with Gasteiger partial charge in [0, 0.05) is 36.6 Å². The Morgan fingerprint density at radius 3 is 2.90 bits per heavy atom. The van der Waals surface area contributed by atoms with Crippen LogP contribution in [0.1, 0.15) is 12.0 Å². The molecule has 0 saturated heterocycles. The number of nitriles is 1. The number of nitrogens with zero attached hydrogens (tertiary/aromatic N) is 1. The SMILES string of the molecule is COCCCNC(=O)/C(C#N)=C\Nc1ccc(Br)cc1C. The predicted octanol–water partition coefficient (Wildman–Crippen LogP) is 2.73. The number of rotatable bonds is 7. The molecule has 112 valence electrons. The highest BCUT2D eigenvalue weighted by Gasteiger charge is 2.08. The molecule has 0 aliphatic carbocycles. The van der Waals surface area contributed by atoms with Crippen LogP contribution in [0.4, 0.5) is 5.69 Å². The number of benzene rings is 1. The Hall–Kier alpha value is -1.84. The highest BCUT2D eigenvalue weighted by atomic mass is 79.9. The van der Waals surface area contributed by atoms with Gasteiger partial charge in [0.05, 0.1) is 0 Å². The summed E-state index contributed by atoms with van der Waals surface area (Å²) in [7, 11) is 1.60. The third kappa shape index (κ3) is 5.98. The zero-order chi connectivity index (χ0) is 15.7. The van der Waals surface area contributed by atoms with E-state index < -0.39 is 5.91 Å². The average Bonchev–Trinajstić information content (AvgIpc) is 2.46. The monoisotopic (exact) mass is 351 g/mol. The first-order chi connectivity index (χ1) is 10.1. The van der Waals surface area contributed by atoms with E-state index >= 15 is 0 Å². The van der Waals surface area contributed by atoms with Crippen LogP contribution in [0.15, 0.2) is 34.4 Å². The van der Waals surface area contributed by atoms with Crippen LogP contribution in [0.5, 0.6) is 0 Å². The van der Waals surface area contributed by atoms with Crippen molar-refractivity contribution in [3.05, 3.63) is 40.0 Å². The maximum absolute atomic E-state index is 11.8. The Morgan fingerprint density at radius 1 is 1.52 bits per heavy atom. The first-order valence-corrected chi connectivity index (χ1v) is 7.28. The summed E-state index contributed by atoms with van der Waals surface area (Å²) in [5.41, 5.74) is 1.89. The van der Waals surface area contributed by atoms with Crippen LogP contribution < -0.4 is 10.6 Å². The summed E-state index contributed by atoms with van der Waals surface area (Å²) in [6.45, 7) is 2.99. The van der Waals surface area contributed by atoms with Crippen molar-refractivity contribution in [3.8, 4) is 6.07 Å². The Morgan fingerprint density at radius 2 is 2.29 bits per heavy atom. The zero-order valence-electron chi connectivity index (χ0n) is 12.1. The number of carbonyl (C=O) groups excluding carboxylic acids is 1. The summed E-state index contributed by atoms with van der Waals surface area (Å²) < 4.78 is 5.87. The maximum Gasteiger partial charge on any atom is 0.263 e. The van der Waals surface area contributed by atoms with Gasteiger partial charge in [0.25, 0.3) is 5.91 Å². The highest BCUT2D eigenvalue weighted by Crippen LogP contribution is 2.20. The summed E-state index contributed by atoms with van der Waals surface area (Å²) in [4.78, 5) is 11.8. The molecule has 0 atom stereocenters. The molecule has 5 nitrogen and oxygen atoms in total. The quantitative estimate of drug-likeness (QED) is 0.450. The molecule has 0 aliphatic rings. The normalized spacial score (nSPS) is 10.9. The van der Waals surface area contributed by atoms with Gasteiger partial charge in [0.15, 0.2) is 0 Å². The number of anilines is 1. The van der Waals surface area contributed by atoms with Gasteiger partial charge >= 0.3 is 0 Å². The first-order valence-electron chi connectivity index (χ1n) is 6.48. The Balaban J connectivity index is 2.63. The number of halogens is 1. The van der Waals surface area contributed by atoms with Gasteiger partial charge in [-0.15, -0.1) is 0 Å². The minimum absolute atomic E-state index is 0.0368. The lowest BCUT2D eigenvalue weighted by Crippen LogP contribution is -2.26.